The van der Waals surface area contributed by atoms with E-state index in [4.69, 9.17) is 0 Å². The van der Waals surface area contributed by atoms with E-state index in [1.165, 1.54) is 0 Å². The Morgan fingerprint density at radius 3 is 2.86 bits per heavy atom. The lowest BCUT2D eigenvalue weighted by atomic mass is 9.97. The first-order valence-electron chi connectivity index (χ1n) is 7.23. The van der Waals surface area contributed by atoms with Crippen molar-refractivity contribution in [1.82, 2.24) is 24.6 Å². The molecule has 0 saturated carbocycles. The monoisotopic (exact) mass is 280 g/mol. The van der Waals surface area contributed by atoms with Crippen molar-refractivity contribution in [2.45, 2.75) is 18.8 Å². The van der Waals surface area contributed by atoms with E-state index in [2.05, 4.69) is 29.5 Å². The third kappa shape index (κ3) is 2.22. The predicted molar refractivity (Wildman–Crippen MR) is 79.2 cm³/mol. The highest BCUT2D eigenvalue weighted by Gasteiger charge is 2.26. The Kier molecular flexibility index (Phi) is 2.99. The van der Waals surface area contributed by atoms with E-state index in [1.54, 1.807) is 12.4 Å². The van der Waals surface area contributed by atoms with Gasteiger partial charge >= 0.3 is 0 Å². The lowest BCUT2D eigenvalue weighted by Gasteiger charge is -2.31. The zero-order chi connectivity index (χ0) is 14.1. The van der Waals surface area contributed by atoms with Gasteiger partial charge in [0.1, 0.15) is 5.82 Å². The maximum absolute atomic E-state index is 4.39. The molecule has 21 heavy (non-hydrogen) atoms. The molecule has 0 bridgehead atoms. The summed E-state index contributed by atoms with van der Waals surface area (Å²) in [5, 5.41) is 8.65. The summed E-state index contributed by atoms with van der Waals surface area (Å²) in [5.74, 6) is 2.20. The molecular weight excluding hydrogens is 264 g/mol. The Bertz CT molecular complexity index is 738. The highest BCUT2D eigenvalue weighted by atomic mass is 15.3. The smallest absolute Gasteiger partial charge is 0.225 e. The zero-order valence-electron chi connectivity index (χ0n) is 11.6. The first-order chi connectivity index (χ1) is 10.4. The Balaban J connectivity index is 1.64. The molecule has 106 valence electrons. The molecule has 0 amide bonds. The highest BCUT2D eigenvalue weighted by molar-refractivity contribution is 5.38. The highest BCUT2D eigenvalue weighted by Crippen LogP contribution is 2.27. The quantitative estimate of drug-likeness (QED) is 0.717. The largest absolute Gasteiger partial charge is 0.340 e. The molecule has 1 saturated heterocycles. The molecule has 1 unspecified atom stereocenters. The minimum Gasteiger partial charge on any atom is -0.340 e. The van der Waals surface area contributed by atoms with Crippen molar-refractivity contribution in [3.8, 4) is 0 Å². The van der Waals surface area contributed by atoms with Crippen LogP contribution < -0.4 is 4.90 Å². The van der Waals surface area contributed by atoms with E-state index in [1.807, 2.05) is 30.5 Å². The van der Waals surface area contributed by atoms with Gasteiger partial charge in [0, 0.05) is 37.6 Å². The fourth-order valence-corrected chi connectivity index (χ4v) is 2.96. The van der Waals surface area contributed by atoms with Crippen LogP contribution in [-0.2, 0) is 0 Å². The first kappa shape index (κ1) is 12.3. The molecule has 4 rings (SSSR count). The van der Waals surface area contributed by atoms with Gasteiger partial charge in [-0.25, -0.2) is 9.97 Å². The number of pyridine rings is 1. The fourth-order valence-electron chi connectivity index (χ4n) is 2.96. The van der Waals surface area contributed by atoms with E-state index in [9.17, 15) is 0 Å². The van der Waals surface area contributed by atoms with Gasteiger partial charge in [-0.05, 0) is 31.0 Å². The molecule has 0 N–H and O–H groups in total. The Labute approximate surface area is 122 Å². The number of aromatic nitrogens is 5. The average Bonchev–Trinajstić information content (AvgIpc) is 3.00. The van der Waals surface area contributed by atoms with Crippen molar-refractivity contribution in [2.75, 3.05) is 18.0 Å². The average molecular weight is 280 g/mol. The summed E-state index contributed by atoms with van der Waals surface area (Å²) in [7, 11) is 0. The molecule has 0 radical (unpaired) electrons. The van der Waals surface area contributed by atoms with E-state index in [0.29, 0.717) is 5.92 Å². The van der Waals surface area contributed by atoms with Gasteiger partial charge in [0.25, 0.3) is 0 Å². The van der Waals surface area contributed by atoms with E-state index < -0.39 is 0 Å². The van der Waals surface area contributed by atoms with Crippen LogP contribution >= 0.6 is 0 Å². The topological polar surface area (TPSA) is 59.2 Å². The molecule has 4 heterocycles. The summed E-state index contributed by atoms with van der Waals surface area (Å²) in [5.41, 5.74) is 0.903. The van der Waals surface area contributed by atoms with Gasteiger partial charge in [0.05, 0.1) is 0 Å². The van der Waals surface area contributed by atoms with Crippen LogP contribution in [0.25, 0.3) is 5.65 Å². The van der Waals surface area contributed by atoms with E-state index in [-0.39, 0.29) is 0 Å². The lowest BCUT2D eigenvalue weighted by molar-refractivity contribution is 0.482. The Morgan fingerprint density at radius 2 is 1.95 bits per heavy atom. The molecule has 3 aromatic heterocycles. The molecule has 3 aromatic rings. The molecular formula is C15H16N6. The predicted octanol–water partition coefficient (Wildman–Crippen LogP) is 1.90. The van der Waals surface area contributed by atoms with Crippen LogP contribution in [0, 0.1) is 0 Å². The van der Waals surface area contributed by atoms with Crippen molar-refractivity contribution in [3.05, 3.63) is 48.7 Å². The molecule has 6 nitrogen and oxygen atoms in total. The SMILES string of the molecule is c1cnc(N2CCCC(c3nnc4ccccn34)C2)nc1. The molecule has 0 aliphatic carbocycles. The van der Waals surface area contributed by atoms with Crippen molar-refractivity contribution in [2.24, 2.45) is 0 Å². The van der Waals surface area contributed by atoms with Gasteiger partial charge in [-0.1, -0.05) is 6.07 Å². The van der Waals surface area contributed by atoms with Crippen LogP contribution in [0.4, 0.5) is 5.95 Å². The Morgan fingerprint density at radius 1 is 1.05 bits per heavy atom. The van der Waals surface area contributed by atoms with Crippen molar-refractivity contribution in [1.29, 1.82) is 0 Å². The number of nitrogens with zero attached hydrogens (tertiary/aromatic N) is 6. The van der Waals surface area contributed by atoms with Gasteiger partial charge in [0.2, 0.25) is 5.95 Å². The summed E-state index contributed by atoms with van der Waals surface area (Å²) in [6.45, 7) is 1.89. The lowest BCUT2D eigenvalue weighted by Crippen LogP contribution is -2.36. The number of hydrogen-bond donors (Lipinski definition) is 0. The number of hydrogen-bond acceptors (Lipinski definition) is 5. The van der Waals surface area contributed by atoms with E-state index >= 15 is 0 Å². The Hall–Kier alpha value is -2.50. The molecule has 0 aromatic carbocycles. The zero-order valence-corrected chi connectivity index (χ0v) is 11.6. The summed E-state index contributed by atoms with van der Waals surface area (Å²) < 4.78 is 2.08. The maximum Gasteiger partial charge on any atom is 0.225 e. The van der Waals surface area contributed by atoms with Gasteiger partial charge in [-0.3, -0.25) is 4.40 Å². The maximum atomic E-state index is 4.39. The van der Waals surface area contributed by atoms with Gasteiger partial charge < -0.3 is 4.90 Å². The van der Waals surface area contributed by atoms with Crippen molar-refractivity contribution < 1.29 is 0 Å². The third-order valence-corrected chi connectivity index (χ3v) is 3.96. The normalized spacial score (nSPS) is 19.0. The summed E-state index contributed by atoms with van der Waals surface area (Å²) >= 11 is 0. The number of rotatable bonds is 2. The second-order valence-corrected chi connectivity index (χ2v) is 5.32. The summed E-state index contributed by atoms with van der Waals surface area (Å²) in [4.78, 5) is 10.9. The van der Waals surface area contributed by atoms with Crippen LogP contribution in [0.5, 0.6) is 0 Å². The number of fused-ring (bicyclic) bond motifs is 1. The standard InChI is InChI=1S/C15H16N6/c1-2-10-21-13(6-1)18-19-14(21)12-5-3-9-20(11-12)15-16-7-4-8-17-15/h1-2,4,6-8,10,12H,3,5,9,11H2. The van der Waals surface area contributed by atoms with Crippen LogP contribution in [-0.4, -0.2) is 37.7 Å². The minimum atomic E-state index is 0.361. The molecule has 0 spiro atoms. The van der Waals surface area contributed by atoms with Gasteiger partial charge in [-0.15, -0.1) is 10.2 Å². The second kappa shape index (κ2) is 5.12. The van der Waals surface area contributed by atoms with Crippen molar-refractivity contribution in [3.63, 3.8) is 0 Å². The molecule has 1 aliphatic rings. The number of piperidine rings is 1. The van der Waals surface area contributed by atoms with Crippen LogP contribution in [0.2, 0.25) is 0 Å². The summed E-state index contributed by atoms with van der Waals surface area (Å²) in [6, 6.07) is 7.83. The minimum absolute atomic E-state index is 0.361. The van der Waals surface area contributed by atoms with Gasteiger partial charge in [-0.2, -0.15) is 0 Å². The van der Waals surface area contributed by atoms with E-state index in [0.717, 1.165) is 43.4 Å². The first-order valence-corrected chi connectivity index (χ1v) is 7.23. The molecule has 1 fully saturated rings. The second-order valence-electron chi connectivity index (χ2n) is 5.32. The summed E-state index contributed by atoms with van der Waals surface area (Å²) in [6.07, 6.45) is 7.85. The van der Waals surface area contributed by atoms with Crippen molar-refractivity contribution >= 4 is 11.6 Å². The van der Waals surface area contributed by atoms with Gasteiger partial charge in [0.15, 0.2) is 5.65 Å². The molecule has 6 heteroatoms. The van der Waals surface area contributed by atoms with Crippen LogP contribution in [0.1, 0.15) is 24.6 Å². The molecule has 1 aliphatic heterocycles. The van der Waals surface area contributed by atoms with Crippen LogP contribution in [0.3, 0.4) is 0 Å². The van der Waals surface area contributed by atoms with Crippen LogP contribution in [0.15, 0.2) is 42.9 Å². The fraction of sp³-hybridized carbons (Fsp3) is 0.333. The molecule has 1 atom stereocenters. The number of anilines is 1. The third-order valence-electron chi connectivity index (χ3n) is 3.96.